The average molecular weight is 328 g/mol. The van der Waals surface area contributed by atoms with Gasteiger partial charge in [0, 0.05) is 18.0 Å². The molecule has 0 saturated heterocycles. The van der Waals surface area contributed by atoms with Crippen LogP contribution in [0.25, 0.3) is 11.0 Å². The van der Waals surface area contributed by atoms with Gasteiger partial charge in [-0.2, -0.15) is 0 Å². The lowest BCUT2D eigenvalue weighted by molar-refractivity contribution is 0.556. The van der Waals surface area contributed by atoms with E-state index in [0.29, 0.717) is 17.2 Å². The Morgan fingerprint density at radius 1 is 1.09 bits per heavy atom. The molecule has 0 atom stereocenters. The summed E-state index contributed by atoms with van der Waals surface area (Å²) < 4.78 is 5.40. The Hall–Kier alpha value is -2.26. The lowest BCUT2D eigenvalue weighted by Gasteiger charge is -2.12. The Balaban J connectivity index is 2.00. The summed E-state index contributed by atoms with van der Waals surface area (Å²) in [5, 5.41) is 4.92. The third kappa shape index (κ3) is 3.10. The summed E-state index contributed by atoms with van der Waals surface area (Å²) in [4.78, 5) is 11.9. The van der Waals surface area contributed by atoms with Crippen molar-refractivity contribution in [2.45, 2.75) is 27.3 Å². The number of hydrogen-bond donors (Lipinski definition) is 1. The summed E-state index contributed by atoms with van der Waals surface area (Å²) in [6.07, 6.45) is 0. The summed E-state index contributed by atoms with van der Waals surface area (Å²) in [6, 6.07) is 11.4. The number of halogens is 1. The molecule has 0 saturated carbocycles. The predicted octanol–water partition coefficient (Wildman–Crippen LogP) is 4.98. The number of hydrogen-bond acceptors (Lipinski definition) is 3. The first kappa shape index (κ1) is 15.6. The second-order valence-corrected chi connectivity index (χ2v) is 6.22. The second kappa shape index (κ2) is 6.09. The Morgan fingerprint density at radius 2 is 1.87 bits per heavy atom. The zero-order chi connectivity index (χ0) is 16.6. The van der Waals surface area contributed by atoms with Crippen LogP contribution in [0.5, 0.6) is 0 Å². The fraction of sp³-hybridized carbons (Fsp3) is 0.211. The smallest absolute Gasteiger partial charge is 0.336 e. The minimum Gasteiger partial charge on any atom is -0.422 e. The van der Waals surface area contributed by atoms with E-state index in [4.69, 9.17) is 16.0 Å². The molecule has 2 aromatic carbocycles. The normalized spacial score (nSPS) is 11.0. The van der Waals surface area contributed by atoms with E-state index in [1.807, 2.05) is 51.1 Å². The first-order valence-corrected chi connectivity index (χ1v) is 7.86. The molecule has 1 N–H and O–H groups in total. The molecular formula is C19H18ClNO2. The average Bonchev–Trinajstić information content (AvgIpc) is 2.50. The van der Waals surface area contributed by atoms with Crippen LogP contribution in [0, 0.1) is 20.8 Å². The Bertz CT molecular complexity index is 944. The van der Waals surface area contributed by atoms with Gasteiger partial charge in [0.15, 0.2) is 0 Å². The molecular weight excluding hydrogens is 310 g/mol. The molecule has 0 bridgehead atoms. The van der Waals surface area contributed by atoms with Crippen molar-refractivity contribution < 1.29 is 4.42 Å². The summed E-state index contributed by atoms with van der Waals surface area (Å²) >= 11 is 6.25. The molecule has 0 aliphatic rings. The fourth-order valence-corrected chi connectivity index (χ4v) is 2.93. The van der Waals surface area contributed by atoms with Crippen LogP contribution in [0.2, 0.25) is 5.02 Å². The highest BCUT2D eigenvalue weighted by Gasteiger charge is 2.10. The van der Waals surface area contributed by atoms with Crippen molar-refractivity contribution in [2.24, 2.45) is 0 Å². The summed E-state index contributed by atoms with van der Waals surface area (Å²) in [6.45, 7) is 6.48. The summed E-state index contributed by atoms with van der Waals surface area (Å²) in [5.41, 5.74) is 5.28. The highest BCUT2D eigenvalue weighted by Crippen LogP contribution is 2.26. The van der Waals surface area contributed by atoms with Crippen molar-refractivity contribution in [1.29, 1.82) is 0 Å². The van der Waals surface area contributed by atoms with Crippen molar-refractivity contribution in [1.82, 2.24) is 0 Å². The maximum Gasteiger partial charge on any atom is 0.336 e. The lowest BCUT2D eigenvalue weighted by atomic mass is 10.0. The van der Waals surface area contributed by atoms with Gasteiger partial charge in [-0.15, -0.1) is 0 Å². The van der Waals surface area contributed by atoms with Crippen molar-refractivity contribution in [2.75, 3.05) is 5.32 Å². The van der Waals surface area contributed by atoms with Crippen LogP contribution in [0.3, 0.4) is 0 Å². The van der Waals surface area contributed by atoms with Crippen molar-refractivity contribution >= 4 is 28.3 Å². The molecule has 1 aromatic heterocycles. The van der Waals surface area contributed by atoms with Crippen molar-refractivity contribution in [3.63, 3.8) is 0 Å². The second-order valence-electron chi connectivity index (χ2n) is 5.81. The van der Waals surface area contributed by atoms with E-state index >= 15 is 0 Å². The van der Waals surface area contributed by atoms with Gasteiger partial charge in [0.25, 0.3) is 0 Å². The van der Waals surface area contributed by atoms with E-state index in [2.05, 4.69) is 5.32 Å². The molecule has 3 aromatic rings. The van der Waals surface area contributed by atoms with Crippen LogP contribution in [0.4, 0.5) is 5.69 Å². The van der Waals surface area contributed by atoms with E-state index in [9.17, 15) is 4.79 Å². The third-order valence-electron chi connectivity index (χ3n) is 4.11. The Morgan fingerprint density at radius 3 is 2.61 bits per heavy atom. The van der Waals surface area contributed by atoms with E-state index in [1.165, 1.54) is 6.07 Å². The Kier molecular flexibility index (Phi) is 4.14. The Labute approximate surface area is 139 Å². The molecule has 23 heavy (non-hydrogen) atoms. The van der Waals surface area contributed by atoms with Gasteiger partial charge in [0.05, 0.1) is 10.7 Å². The summed E-state index contributed by atoms with van der Waals surface area (Å²) in [7, 11) is 0. The molecule has 0 fully saturated rings. The topological polar surface area (TPSA) is 42.2 Å². The molecule has 0 spiro atoms. The van der Waals surface area contributed by atoms with Gasteiger partial charge in [-0.05, 0) is 55.2 Å². The van der Waals surface area contributed by atoms with Crippen LogP contribution in [0.15, 0.2) is 45.6 Å². The van der Waals surface area contributed by atoms with Crippen LogP contribution in [-0.2, 0) is 6.54 Å². The fourth-order valence-electron chi connectivity index (χ4n) is 2.62. The van der Waals surface area contributed by atoms with Crippen molar-refractivity contribution in [3.05, 3.63) is 74.1 Å². The number of anilines is 1. The number of nitrogens with one attached hydrogen (secondary N) is 1. The molecule has 118 valence electrons. The molecule has 0 aliphatic carbocycles. The number of fused-ring (bicyclic) bond motifs is 1. The quantitative estimate of drug-likeness (QED) is 0.689. The molecule has 0 radical (unpaired) electrons. The molecule has 3 nitrogen and oxygen atoms in total. The van der Waals surface area contributed by atoms with E-state index in [0.717, 1.165) is 33.3 Å². The van der Waals surface area contributed by atoms with Gasteiger partial charge in [-0.25, -0.2) is 4.79 Å². The van der Waals surface area contributed by atoms with E-state index in [1.54, 1.807) is 0 Å². The van der Waals surface area contributed by atoms with Gasteiger partial charge in [-0.1, -0.05) is 29.8 Å². The predicted molar refractivity (Wildman–Crippen MR) is 95.5 cm³/mol. The minimum absolute atomic E-state index is 0.335. The van der Waals surface area contributed by atoms with E-state index in [-0.39, 0.29) is 5.63 Å². The maximum absolute atomic E-state index is 11.9. The van der Waals surface area contributed by atoms with Crippen LogP contribution >= 0.6 is 11.6 Å². The minimum atomic E-state index is -0.335. The molecule has 0 unspecified atom stereocenters. The number of aryl methyl sites for hydroxylation is 3. The number of benzene rings is 2. The zero-order valence-corrected chi connectivity index (χ0v) is 14.1. The summed E-state index contributed by atoms with van der Waals surface area (Å²) in [5.74, 6) is 0. The molecule has 4 heteroatoms. The van der Waals surface area contributed by atoms with Gasteiger partial charge in [0.1, 0.15) is 5.58 Å². The monoisotopic (exact) mass is 327 g/mol. The molecule has 0 aliphatic heterocycles. The molecule has 3 rings (SSSR count). The first-order chi connectivity index (χ1) is 11.0. The van der Waals surface area contributed by atoms with Crippen LogP contribution < -0.4 is 10.9 Å². The third-order valence-corrected chi connectivity index (χ3v) is 4.42. The highest BCUT2D eigenvalue weighted by molar-refractivity contribution is 6.33. The van der Waals surface area contributed by atoms with Gasteiger partial charge in [0.2, 0.25) is 0 Å². The van der Waals surface area contributed by atoms with Crippen LogP contribution in [-0.4, -0.2) is 0 Å². The number of rotatable bonds is 3. The SMILES string of the molecule is Cc1ccc(NCc2cc(=O)oc3c(C)c(C)ccc23)c(Cl)c1. The van der Waals surface area contributed by atoms with Gasteiger partial charge < -0.3 is 9.73 Å². The lowest BCUT2D eigenvalue weighted by Crippen LogP contribution is -2.07. The van der Waals surface area contributed by atoms with E-state index < -0.39 is 0 Å². The first-order valence-electron chi connectivity index (χ1n) is 7.48. The molecule has 0 amide bonds. The van der Waals surface area contributed by atoms with Gasteiger partial charge in [-0.3, -0.25) is 0 Å². The van der Waals surface area contributed by atoms with Crippen LogP contribution in [0.1, 0.15) is 22.3 Å². The van der Waals surface area contributed by atoms with Gasteiger partial charge >= 0.3 is 5.63 Å². The largest absolute Gasteiger partial charge is 0.422 e. The maximum atomic E-state index is 11.9. The van der Waals surface area contributed by atoms with Crippen molar-refractivity contribution in [3.8, 4) is 0 Å². The highest BCUT2D eigenvalue weighted by atomic mass is 35.5. The standard InChI is InChI=1S/C19H18ClNO2/c1-11-4-7-17(16(20)8-11)21-10-14-9-18(22)23-19-13(3)12(2)5-6-15(14)19/h4-9,21H,10H2,1-3H3. The zero-order valence-electron chi connectivity index (χ0n) is 13.4. The molecule has 1 heterocycles.